The molecule has 5 heterocycles. The van der Waals surface area contributed by atoms with Crippen molar-refractivity contribution in [3.8, 4) is 0 Å². The molecule has 5 saturated heterocycles. The monoisotopic (exact) mass is 328 g/mol. The zero-order valence-corrected chi connectivity index (χ0v) is 14.8. The molecule has 5 aliphatic heterocycles. The summed E-state index contributed by atoms with van der Waals surface area (Å²) in [6.07, 6.45) is -0.443. The maximum atomic E-state index is 6.70. The Hall–Kier alpha value is -0.0231. The first-order chi connectivity index (χ1) is 10.2. The maximum Gasteiger partial charge on any atom is 0.273 e. The van der Waals surface area contributed by atoms with Gasteiger partial charge in [-0.1, -0.05) is 20.8 Å². The van der Waals surface area contributed by atoms with Gasteiger partial charge >= 0.3 is 0 Å². The normalized spacial score (nSPS) is 55.2. The van der Waals surface area contributed by atoms with Gasteiger partial charge in [-0.2, -0.15) is 0 Å². The third-order valence-electron chi connectivity index (χ3n) is 6.40. The van der Waals surface area contributed by atoms with E-state index in [1.54, 1.807) is 0 Å². The van der Waals surface area contributed by atoms with Crippen molar-refractivity contribution in [1.29, 1.82) is 0 Å². The second-order valence-corrected chi connectivity index (χ2v) is 13.5. The highest BCUT2D eigenvalue weighted by atomic mass is 28.4. The second kappa shape index (κ2) is 3.79. The standard InChI is InChI=1S/C15H24O6Si/c1-13(2,3)22(4,5)21-8-9-14(6-16-14)11-15(7-17-15)10(8)19-12(18-9)20-11/h8-12H,6-7H2,1-5H3/t8?,9-,10-,11?,12?,14-,15-/m1/s1. The van der Waals surface area contributed by atoms with Crippen LogP contribution in [-0.4, -0.2) is 63.6 Å². The van der Waals surface area contributed by atoms with Crippen molar-refractivity contribution in [2.24, 2.45) is 0 Å². The number of epoxide rings is 2. The van der Waals surface area contributed by atoms with Crippen molar-refractivity contribution >= 4 is 8.32 Å². The Kier molecular flexibility index (Phi) is 2.47. The molecule has 7 heteroatoms. The summed E-state index contributed by atoms with van der Waals surface area (Å²) in [6, 6.07) is 0. The lowest BCUT2D eigenvalue weighted by Gasteiger charge is -2.59. The molecule has 1 saturated carbocycles. The molecule has 22 heavy (non-hydrogen) atoms. The van der Waals surface area contributed by atoms with E-state index in [0.29, 0.717) is 13.2 Å². The van der Waals surface area contributed by atoms with Crippen LogP contribution in [-0.2, 0) is 28.1 Å². The molecule has 0 unspecified atom stereocenters. The van der Waals surface area contributed by atoms with Crippen LogP contribution in [0.3, 0.4) is 0 Å². The first kappa shape index (κ1) is 14.3. The van der Waals surface area contributed by atoms with Crippen LogP contribution in [0.1, 0.15) is 20.8 Å². The average Bonchev–Trinajstić information content (AvgIpc) is 3.30. The van der Waals surface area contributed by atoms with Crippen LogP contribution in [0.2, 0.25) is 18.1 Å². The van der Waals surface area contributed by atoms with Crippen molar-refractivity contribution in [3.05, 3.63) is 0 Å². The first-order valence-electron chi connectivity index (χ1n) is 8.12. The molecule has 1 aliphatic carbocycles. The smallest absolute Gasteiger partial charge is 0.273 e. The molecule has 0 aromatic heterocycles. The number of hydrogen-bond acceptors (Lipinski definition) is 6. The van der Waals surface area contributed by atoms with Gasteiger partial charge in [-0.15, -0.1) is 0 Å². The fraction of sp³-hybridized carbons (Fsp3) is 1.00. The maximum absolute atomic E-state index is 6.70. The van der Waals surface area contributed by atoms with Gasteiger partial charge in [0, 0.05) is 0 Å². The van der Waals surface area contributed by atoms with Crippen molar-refractivity contribution in [2.75, 3.05) is 13.2 Å². The molecule has 4 atom stereocenters. The molecule has 2 spiro atoms. The molecule has 0 aromatic rings. The van der Waals surface area contributed by atoms with Crippen LogP contribution >= 0.6 is 0 Å². The van der Waals surface area contributed by atoms with Crippen LogP contribution in [0.4, 0.5) is 0 Å². The Bertz CT molecular complexity index is 491. The van der Waals surface area contributed by atoms with Crippen LogP contribution in [0.15, 0.2) is 0 Å². The van der Waals surface area contributed by atoms with Gasteiger partial charge in [-0.05, 0) is 18.1 Å². The summed E-state index contributed by atoms with van der Waals surface area (Å²) in [6.45, 7) is 12.0. The van der Waals surface area contributed by atoms with Gasteiger partial charge in [-0.3, -0.25) is 0 Å². The molecule has 4 bridgehead atoms. The van der Waals surface area contributed by atoms with E-state index in [2.05, 4.69) is 33.9 Å². The molecule has 6 nitrogen and oxygen atoms in total. The van der Waals surface area contributed by atoms with Crippen LogP contribution in [0.5, 0.6) is 0 Å². The minimum atomic E-state index is -1.95. The highest BCUT2D eigenvalue weighted by Gasteiger charge is 2.84. The van der Waals surface area contributed by atoms with E-state index in [-0.39, 0.29) is 40.7 Å². The summed E-state index contributed by atoms with van der Waals surface area (Å²) >= 11 is 0. The van der Waals surface area contributed by atoms with Crippen LogP contribution < -0.4 is 0 Å². The summed E-state index contributed by atoms with van der Waals surface area (Å²) in [5.41, 5.74) is -0.777. The zero-order chi connectivity index (χ0) is 15.5. The zero-order valence-electron chi connectivity index (χ0n) is 13.8. The van der Waals surface area contributed by atoms with E-state index in [9.17, 15) is 0 Å². The fourth-order valence-electron chi connectivity index (χ4n) is 3.93. The van der Waals surface area contributed by atoms with Crippen molar-refractivity contribution in [1.82, 2.24) is 0 Å². The molecule has 6 fully saturated rings. The third kappa shape index (κ3) is 1.56. The van der Waals surface area contributed by atoms with Gasteiger partial charge in [0.05, 0.1) is 13.2 Å². The lowest BCUT2D eigenvalue weighted by atomic mass is 9.71. The van der Waals surface area contributed by atoms with E-state index >= 15 is 0 Å². The lowest BCUT2D eigenvalue weighted by Crippen LogP contribution is -2.79. The third-order valence-corrected chi connectivity index (χ3v) is 10.9. The quantitative estimate of drug-likeness (QED) is 0.564. The molecular formula is C15H24O6Si. The predicted octanol–water partition coefficient (Wildman–Crippen LogP) is 1.39. The van der Waals surface area contributed by atoms with Crippen molar-refractivity contribution < 1.29 is 28.1 Å². The minimum absolute atomic E-state index is 0.0817. The summed E-state index contributed by atoms with van der Waals surface area (Å²) in [5.74, 6) is 0. The van der Waals surface area contributed by atoms with Crippen molar-refractivity contribution in [3.63, 3.8) is 0 Å². The highest BCUT2D eigenvalue weighted by molar-refractivity contribution is 6.74. The highest BCUT2D eigenvalue weighted by Crippen LogP contribution is 2.62. The van der Waals surface area contributed by atoms with E-state index in [1.807, 2.05) is 0 Å². The van der Waals surface area contributed by atoms with Gasteiger partial charge in [0.25, 0.3) is 6.48 Å². The Morgan fingerprint density at radius 2 is 1.45 bits per heavy atom. The topological polar surface area (TPSA) is 62.0 Å². The number of hydrogen-bond donors (Lipinski definition) is 0. The average molecular weight is 328 g/mol. The lowest BCUT2D eigenvalue weighted by molar-refractivity contribution is -0.473. The van der Waals surface area contributed by atoms with E-state index < -0.39 is 14.8 Å². The molecule has 0 N–H and O–H groups in total. The summed E-state index contributed by atoms with van der Waals surface area (Å²) in [7, 11) is -1.95. The van der Waals surface area contributed by atoms with Crippen molar-refractivity contribution in [2.45, 2.75) is 81.0 Å². The first-order valence-corrected chi connectivity index (χ1v) is 11.0. The van der Waals surface area contributed by atoms with Gasteiger partial charge < -0.3 is 28.1 Å². The Morgan fingerprint density at radius 1 is 0.955 bits per heavy atom. The molecule has 0 aromatic carbocycles. The number of rotatable bonds is 2. The molecule has 124 valence electrons. The summed E-state index contributed by atoms with van der Waals surface area (Å²) in [5, 5.41) is 0.132. The van der Waals surface area contributed by atoms with E-state index in [4.69, 9.17) is 28.1 Å². The predicted molar refractivity (Wildman–Crippen MR) is 77.8 cm³/mol. The van der Waals surface area contributed by atoms with E-state index in [1.165, 1.54) is 0 Å². The Morgan fingerprint density at radius 3 is 1.86 bits per heavy atom. The molecule has 0 amide bonds. The molecule has 0 radical (unpaired) electrons. The molecule has 6 rings (SSSR count). The molecule has 6 aliphatic rings. The van der Waals surface area contributed by atoms with Gasteiger partial charge in [0.2, 0.25) is 0 Å². The van der Waals surface area contributed by atoms with Gasteiger partial charge in [0.15, 0.2) is 8.32 Å². The van der Waals surface area contributed by atoms with E-state index in [0.717, 1.165) is 0 Å². The second-order valence-electron chi connectivity index (χ2n) is 8.75. The summed E-state index contributed by atoms with van der Waals surface area (Å²) in [4.78, 5) is 0. The van der Waals surface area contributed by atoms with Crippen LogP contribution in [0.25, 0.3) is 0 Å². The fourth-order valence-corrected chi connectivity index (χ4v) is 5.21. The Balaban J connectivity index is 1.51. The largest absolute Gasteiger partial charge is 0.408 e. The summed E-state index contributed by atoms with van der Waals surface area (Å²) < 4.78 is 36.2. The Labute approximate surface area is 131 Å². The van der Waals surface area contributed by atoms with Crippen LogP contribution in [0, 0.1) is 0 Å². The number of ether oxygens (including phenoxy) is 5. The van der Waals surface area contributed by atoms with Gasteiger partial charge in [-0.25, -0.2) is 0 Å². The SMILES string of the molecule is CC(C)(C)[Si](C)(C)OC1[C@H]2OC3OC([C@@]24CO4)[C@@]2(CO2)[C@@H]1O3. The molecular weight excluding hydrogens is 304 g/mol. The van der Waals surface area contributed by atoms with Gasteiger partial charge in [0.1, 0.15) is 35.6 Å². The minimum Gasteiger partial charge on any atom is -0.408 e.